The number of hydrogen-bond acceptors (Lipinski definition) is 2. The molecule has 0 saturated heterocycles. The predicted molar refractivity (Wildman–Crippen MR) is 66.2 cm³/mol. The first kappa shape index (κ1) is 15.3. The van der Waals surface area contributed by atoms with Gasteiger partial charge in [0.1, 0.15) is 5.69 Å². The largest absolute Gasteiger partial charge is 0.373 e. The Labute approximate surface area is 117 Å². The molecule has 0 radical (unpaired) electrons. The van der Waals surface area contributed by atoms with Crippen LogP contribution in [0.5, 0.6) is 0 Å². The smallest absolute Gasteiger partial charge is 0.200 e. The zero-order valence-corrected chi connectivity index (χ0v) is 11.4. The zero-order valence-electron chi connectivity index (χ0n) is 11.4. The minimum Gasteiger partial charge on any atom is -0.373 e. The predicted octanol–water partition coefficient (Wildman–Crippen LogP) is 3.60. The van der Waals surface area contributed by atoms with Crippen molar-refractivity contribution < 1.29 is 22.0 Å². The van der Waals surface area contributed by atoms with E-state index in [9.17, 15) is 22.0 Å². The van der Waals surface area contributed by atoms with Crippen LogP contribution in [-0.4, -0.2) is 9.78 Å². The van der Waals surface area contributed by atoms with Gasteiger partial charge in [-0.25, -0.2) is 22.0 Å². The Hall–Kier alpha value is -2.12. The van der Waals surface area contributed by atoms with E-state index in [0.29, 0.717) is 11.3 Å². The standard InChI is InChI=1S/C13H12F5N3/c1-5(7-4-21(3)20-6(7)2)19-13-11(17)9(15)8(14)10(16)12(13)18/h4-5,19H,1-3H3. The molecule has 0 spiro atoms. The molecular formula is C13H12F5N3. The SMILES string of the molecule is Cc1nn(C)cc1C(C)Nc1c(F)c(F)c(F)c(F)c1F. The van der Waals surface area contributed by atoms with E-state index in [4.69, 9.17) is 0 Å². The van der Waals surface area contributed by atoms with Gasteiger partial charge in [0.15, 0.2) is 23.3 Å². The molecule has 1 N–H and O–H groups in total. The van der Waals surface area contributed by atoms with E-state index in [1.165, 1.54) is 11.6 Å². The molecule has 3 nitrogen and oxygen atoms in total. The number of nitrogens with one attached hydrogen (secondary N) is 1. The van der Waals surface area contributed by atoms with Crippen LogP contribution in [0.3, 0.4) is 0 Å². The van der Waals surface area contributed by atoms with Crippen LogP contribution < -0.4 is 5.32 Å². The second-order valence-corrected chi connectivity index (χ2v) is 4.65. The third-order valence-corrected chi connectivity index (χ3v) is 3.09. The molecule has 8 heteroatoms. The Morgan fingerprint density at radius 3 is 1.90 bits per heavy atom. The summed E-state index contributed by atoms with van der Waals surface area (Å²) in [6.45, 7) is 3.20. The van der Waals surface area contributed by atoms with Crippen molar-refractivity contribution in [3.63, 3.8) is 0 Å². The normalized spacial score (nSPS) is 12.6. The maximum absolute atomic E-state index is 13.6. The first-order chi connectivity index (χ1) is 9.73. The molecule has 0 aliphatic carbocycles. The maximum Gasteiger partial charge on any atom is 0.200 e. The van der Waals surface area contributed by atoms with Gasteiger partial charge in [0.2, 0.25) is 5.82 Å². The number of aryl methyl sites for hydroxylation is 2. The molecule has 1 heterocycles. The first-order valence-electron chi connectivity index (χ1n) is 6.02. The first-order valence-corrected chi connectivity index (χ1v) is 6.02. The van der Waals surface area contributed by atoms with Crippen molar-refractivity contribution in [3.8, 4) is 0 Å². The summed E-state index contributed by atoms with van der Waals surface area (Å²) in [7, 11) is 1.65. The lowest BCUT2D eigenvalue weighted by Gasteiger charge is -2.16. The summed E-state index contributed by atoms with van der Waals surface area (Å²) in [4.78, 5) is 0. The maximum atomic E-state index is 13.6. The van der Waals surface area contributed by atoms with Crippen molar-refractivity contribution >= 4 is 5.69 Å². The fourth-order valence-corrected chi connectivity index (χ4v) is 2.07. The number of aromatic nitrogens is 2. The monoisotopic (exact) mass is 305 g/mol. The quantitative estimate of drug-likeness (QED) is 0.533. The summed E-state index contributed by atoms with van der Waals surface area (Å²) in [6, 6.07) is -0.688. The number of hydrogen-bond donors (Lipinski definition) is 1. The molecule has 0 fully saturated rings. The summed E-state index contributed by atoms with van der Waals surface area (Å²) in [5, 5.41) is 6.36. The van der Waals surface area contributed by atoms with Crippen molar-refractivity contribution in [2.75, 3.05) is 5.32 Å². The Bertz CT molecular complexity index is 667. The highest BCUT2D eigenvalue weighted by atomic mass is 19.2. The summed E-state index contributed by atoms with van der Waals surface area (Å²) >= 11 is 0. The van der Waals surface area contributed by atoms with Crippen LogP contribution in [0, 0.1) is 36.0 Å². The van der Waals surface area contributed by atoms with E-state index in [1.807, 2.05) is 0 Å². The van der Waals surface area contributed by atoms with Crippen LogP contribution in [-0.2, 0) is 7.05 Å². The average molecular weight is 305 g/mol. The third-order valence-electron chi connectivity index (χ3n) is 3.09. The molecule has 0 amide bonds. The summed E-state index contributed by atoms with van der Waals surface area (Å²) in [5.41, 5.74) is 0.116. The van der Waals surface area contributed by atoms with Crippen molar-refractivity contribution in [2.24, 2.45) is 7.05 Å². The highest BCUT2D eigenvalue weighted by Gasteiger charge is 2.27. The number of halogens is 5. The Balaban J connectivity index is 2.42. The molecule has 1 atom stereocenters. The van der Waals surface area contributed by atoms with Crippen LogP contribution in [0.25, 0.3) is 0 Å². The molecule has 1 aromatic heterocycles. The van der Waals surface area contributed by atoms with Crippen LogP contribution in [0.4, 0.5) is 27.6 Å². The molecule has 114 valence electrons. The summed E-state index contributed by atoms with van der Waals surface area (Å²) < 4.78 is 67.8. The minimum absolute atomic E-state index is 0.585. The average Bonchev–Trinajstić information content (AvgIpc) is 2.78. The van der Waals surface area contributed by atoms with Crippen LogP contribution in [0.1, 0.15) is 24.2 Å². The summed E-state index contributed by atoms with van der Waals surface area (Å²) in [5.74, 6) is -9.92. The van der Waals surface area contributed by atoms with Gasteiger partial charge in [-0.1, -0.05) is 0 Å². The highest BCUT2D eigenvalue weighted by molar-refractivity contribution is 5.49. The molecular weight excluding hydrogens is 293 g/mol. The van der Waals surface area contributed by atoms with Crippen molar-refractivity contribution in [2.45, 2.75) is 19.9 Å². The Morgan fingerprint density at radius 2 is 1.48 bits per heavy atom. The van der Waals surface area contributed by atoms with Gasteiger partial charge >= 0.3 is 0 Å². The molecule has 0 aliphatic rings. The van der Waals surface area contributed by atoms with Crippen LogP contribution in [0.15, 0.2) is 6.20 Å². The highest BCUT2D eigenvalue weighted by Crippen LogP contribution is 2.30. The second-order valence-electron chi connectivity index (χ2n) is 4.65. The second kappa shape index (κ2) is 5.34. The minimum atomic E-state index is -2.18. The zero-order chi connectivity index (χ0) is 15.9. The van der Waals surface area contributed by atoms with Gasteiger partial charge in [-0.05, 0) is 13.8 Å². The van der Waals surface area contributed by atoms with Gasteiger partial charge in [0.25, 0.3) is 0 Å². The molecule has 2 aromatic rings. The Kier molecular flexibility index (Phi) is 3.89. The lowest BCUT2D eigenvalue weighted by Crippen LogP contribution is -2.13. The summed E-state index contributed by atoms with van der Waals surface area (Å²) in [6.07, 6.45) is 1.60. The van der Waals surface area contributed by atoms with Crippen LogP contribution in [0.2, 0.25) is 0 Å². The van der Waals surface area contributed by atoms with Crippen molar-refractivity contribution in [3.05, 3.63) is 46.5 Å². The van der Waals surface area contributed by atoms with Gasteiger partial charge in [-0.3, -0.25) is 4.68 Å². The van der Waals surface area contributed by atoms with E-state index in [-0.39, 0.29) is 0 Å². The van der Waals surface area contributed by atoms with Gasteiger partial charge in [-0.2, -0.15) is 5.10 Å². The number of anilines is 1. The van der Waals surface area contributed by atoms with Gasteiger partial charge < -0.3 is 5.32 Å². The van der Waals surface area contributed by atoms with E-state index < -0.39 is 40.8 Å². The molecule has 0 bridgehead atoms. The number of rotatable bonds is 3. The number of nitrogens with zero attached hydrogens (tertiary/aromatic N) is 2. The van der Waals surface area contributed by atoms with Gasteiger partial charge in [0, 0.05) is 18.8 Å². The molecule has 0 saturated carbocycles. The van der Waals surface area contributed by atoms with Crippen LogP contribution >= 0.6 is 0 Å². The Morgan fingerprint density at radius 1 is 1.00 bits per heavy atom. The van der Waals surface area contributed by atoms with Gasteiger partial charge in [0.05, 0.1) is 11.7 Å². The van der Waals surface area contributed by atoms with E-state index >= 15 is 0 Å². The topological polar surface area (TPSA) is 29.9 Å². The molecule has 21 heavy (non-hydrogen) atoms. The van der Waals surface area contributed by atoms with E-state index in [0.717, 1.165) is 0 Å². The molecule has 0 aliphatic heterocycles. The van der Waals surface area contributed by atoms with Crippen molar-refractivity contribution in [1.29, 1.82) is 0 Å². The molecule has 1 unspecified atom stereocenters. The molecule has 1 aromatic carbocycles. The third kappa shape index (κ3) is 2.57. The number of benzene rings is 1. The molecule has 2 rings (SSSR count). The fraction of sp³-hybridized carbons (Fsp3) is 0.308. The lowest BCUT2D eigenvalue weighted by atomic mass is 10.1. The van der Waals surface area contributed by atoms with E-state index in [2.05, 4.69) is 10.4 Å². The lowest BCUT2D eigenvalue weighted by molar-refractivity contribution is 0.381. The van der Waals surface area contributed by atoms with Gasteiger partial charge in [-0.15, -0.1) is 0 Å². The van der Waals surface area contributed by atoms with E-state index in [1.54, 1.807) is 20.2 Å². The van der Waals surface area contributed by atoms with Crippen molar-refractivity contribution in [1.82, 2.24) is 9.78 Å². The fourth-order valence-electron chi connectivity index (χ4n) is 2.07.